The van der Waals surface area contributed by atoms with Gasteiger partial charge in [-0.1, -0.05) is 42.7 Å². The van der Waals surface area contributed by atoms with E-state index in [9.17, 15) is 8.42 Å². The average molecular weight is 486 g/mol. The number of rotatable bonds is 7. The molecule has 6 nitrogen and oxygen atoms in total. The Kier molecular flexibility index (Phi) is 6.95. The molecule has 33 heavy (non-hydrogen) atoms. The Labute approximate surface area is 200 Å². The number of methoxy groups -OCH3 is 1. The Morgan fingerprint density at radius 3 is 2.45 bits per heavy atom. The molecule has 0 aliphatic heterocycles. The summed E-state index contributed by atoms with van der Waals surface area (Å²) in [4.78, 5) is 5.98. The van der Waals surface area contributed by atoms with E-state index >= 15 is 0 Å². The molecular weight excluding hydrogens is 454 g/mol. The van der Waals surface area contributed by atoms with Crippen LogP contribution in [-0.2, 0) is 10.0 Å². The third-order valence-electron chi connectivity index (χ3n) is 6.15. The van der Waals surface area contributed by atoms with Gasteiger partial charge in [0.1, 0.15) is 5.75 Å². The Hall–Kier alpha value is -2.58. The van der Waals surface area contributed by atoms with Crippen molar-refractivity contribution >= 4 is 32.2 Å². The summed E-state index contributed by atoms with van der Waals surface area (Å²) in [7, 11) is -2.18. The normalized spacial score (nSPS) is 14.8. The van der Waals surface area contributed by atoms with Crippen LogP contribution in [0.15, 0.2) is 41.3 Å². The molecule has 2 N–H and O–H groups in total. The highest BCUT2D eigenvalue weighted by Gasteiger charge is 2.21. The van der Waals surface area contributed by atoms with Gasteiger partial charge in [-0.3, -0.25) is 4.72 Å². The van der Waals surface area contributed by atoms with Gasteiger partial charge in [-0.2, -0.15) is 0 Å². The van der Waals surface area contributed by atoms with Crippen LogP contribution >= 0.6 is 11.3 Å². The maximum absolute atomic E-state index is 13.3. The number of benzene rings is 2. The molecule has 0 radical (unpaired) electrons. The van der Waals surface area contributed by atoms with Crippen molar-refractivity contribution in [3.8, 4) is 16.2 Å². The van der Waals surface area contributed by atoms with E-state index in [0.29, 0.717) is 23.0 Å². The maximum Gasteiger partial charge on any atom is 0.262 e. The lowest BCUT2D eigenvalue weighted by Crippen LogP contribution is -2.21. The van der Waals surface area contributed by atoms with Gasteiger partial charge in [-0.25, -0.2) is 13.4 Å². The second-order valence-electron chi connectivity index (χ2n) is 8.68. The first-order valence-corrected chi connectivity index (χ1v) is 13.6. The number of ether oxygens (including phenoxy) is 1. The van der Waals surface area contributed by atoms with Crippen LogP contribution in [0.25, 0.3) is 10.4 Å². The number of nitrogens with one attached hydrogen (secondary N) is 2. The van der Waals surface area contributed by atoms with Gasteiger partial charge < -0.3 is 10.1 Å². The van der Waals surface area contributed by atoms with Crippen LogP contribution in [0.5, 0.6) is 5.75 Å². The summed E-state index contributed by atoms with van der Waals surface area (Å²) >= 11 is 1.59. The molecule has 0 amide bonds. The summed E-state index contributed by atoms with van der Waals surface area (Å²) in [6, 6.07) is 11.3. The van der Waals surface area contributed by atoms with E-state index in [4.69, 9.17) is 9.72 Å². The van der Waals surface area contributed by atoms with Gasteiger partial charge in [0.15, 0.2) is 5.13 Å². The van der Waals surface area contributed by atoms with E-state index in [-0.39, 0.29) is 4.90 Å². The molecule has 0 unspecified atom stereocenters. The highest BCUT2D eigenvalue weighted by Crippen LogP contribution is 2.36. The average Bonchev–Trinajstić information content (AvgIpc) is 3.15. The number of sulfonamides is 1. The molecule has 1 fully saturated rings. The van der Waals surface area contributed by atoms with Gasteiger partial charge in [0.25, 0.3) is 10.0 Å². The van der Waals surface area contributed by atoms with Gasteiger partial charge in [0.05, 0.1) is 28.3 Å². The molecule has 1 aromatic heterocycles. The van der Waals surface area contributed by atoms with Crippen LogP contribution in [0.3, 0.4) is 0 Å². The molecule has 8 heteroatoms. The van der Waals surface area contributed by atoms with Gasteiger partial charge >= 0.3 is 0 Å². The van der Waals surface area contributed by atoms with E-state index in [1.807, 2.05) is 39.0 Å². The quantitative estimate of drug-likeness (QED) is 0.411. The Balaban J connectivity index is 1.61. The number of hydrogen-bond donors (Lipinski definition) is 2. The maximum atomic E-state index is 13.3. The zero-order valence-electron chi connectivity index (χ0n) is 19.6. The van der Waals surface area contributed by atoms with Crippen molar-refractivity contribution in [2.75, 3.05) is 17.1 Å². The predicted octanol–water partition coefficient (Wildman–Crippen LogP) is 6.29. The third kappa shape index (κ3) is 5.33. The van der Waals surface area contributed by atoms with Crippen molar-refractivity contribution in [2.45, 2.75) is 63.8 Å². The molecule has 4 rings (SSSR count). The van der Waals surface area contributed by atoms with Gasteiger partial charge in [-0.15, -0.1) is 0 Å². The molecule has 0 atom stereocenters. The smallest absolute Gasteiger partial charge is 0.262 e. The Morgan fingerprint density at radius 1 is 1.00 bits per heavy atom. The number of thiazole rings is 1. The lowest BCUT2D eigenvalue weighted by molar-refractivity contribution is 0.414. The fourth-order valence-electron chi connectivity index (χ4n) is 4.26. The second kappa shape index (κ2) is 9.73. The van der Waals surface area contributed by atoms with Crippen molar-refractivity contribution in [2.24, 2.45) is 0 Å². The minimum absolute atomic E-state index is 0.268. The highest BCUT2D eigenvalue weighted by molar-refractivity contribution is 7.92. The van der Waals surface area contributed by atoms with Gasteiger partial charge in [-0.05, 0) is 74.6 Å². The minimum atomic E-state index is -3.77. The first-order valence-electron chi connectivity index (χ1n) is 11.3. The Bertz CT molecular complexity index is 1250. The minimum Gasteiger partial charge on any atom is -0.497 e. The predicted molar refractivity (Wildman–Crippen MR) is 136 cm³/mol. The zero-order chi connectivity index (χ0) is 23.6. The fourth-order valence-corrected chi connectivity index (χ4v) is 6.70. The largest absolute Gasteiger partial charge is 0.497 e. The number of aryl methyl sites for hydroxylation is 3. The van der Waals surface area contributed by atoms with Crippen molar-refractivity contribution in [3.63, 3.8) is 0 Å². The number of hydrogen-bond acceptors (Lipinski definition) is 6. The molecule has 2 aromatic carbocycles. The molecule has 176 valence electrons. The van der Waals surface area contributed by atoms with E-state index in [1.54, 1.807) is 36.6 Å². The molecule has 0 bridgehead atoms. The first kappa shape index (κ1) is 23.6. The summed E-state index contributed by atoms with van der Waals surface area (Å²) in [6.45, 7) is 5.64. The summed E-state index contributed by atoms with van der Waals surface area (Å²) < 4.78 is 34.6. The standard InChI is InChI=1S/C25H31N3O3S2/c1-16-10-11-19(24-18(3)26-25(32-24)27-20-8-6-5-7-9-20)15-23(16)33(29,30)28-22-13-12-21(31-4)14-17(22)2/h10-15,20,28H,5-9H2,1-4H3,(H,26,27). The number of anilines is 2. The van der Waals surface area contributed by atoms with Crippen LogP contribution < -0.4 is 14.8 Å². The molecule has 3 aromatic rings. The molecule has 1 aliphatic rings. The molecule has 0 saturated heterocycles. The van der Waals surface area contributed by atoms with E-state index in [2.05, 4.69) is 10.0 Å². The molecule has 1 aliphatic carbocycles. The topological polar surface area (TPSA) is 80.3 Å². The Morgan fingerprint density at radius 2 is 1.76 bits per heavy atom. The summed E-state index contributed by atoms with van der Waals surface area (Å²) in [5, 5.41) is 4.49. The number of aromatic nitrogens is 1. The van der Waals surface area contributed by atoms with Crippen molar-refractivity contribution in [3.05, 3.63) is 53.2 Å². The third-order valence-corrected chi connectivity index (χ3v) is 8.79. The molecule has 1 heterocycles. The lowest BCUT2D eigenvalue weighted by Gasteiger charge is -2.22. The lowest BCUT2D eigenvalue weighted by atomic mass is 9.96. The van der Waals surface area contributed by atoms with Crippen molar-refractivity contribution in [1.29, 1.82) is 0 Å². The van der Waals surface area contributed by atoms with Crippen molar-refractivity contribution < 1.29 is 13.2 Å². The van der Waals surface area contributed by atoms with Gasteiger partial charge in [0, 0.05) is 6.04 Å². The summed E-state index contributed by atoms with van der Waals surface area (Å²) in [5.41, 5.74) is 3.79. The summed E-state index contributed by atoms with van der Waals surface area (Å²) in [5.74, 6) is 0.687. The van der Waals surface area contributed by atoms with Crippen molar-refractivity contribution in [1.82, 2.24) is 4.98 Å². The fraction of sp³-hybridized carbons (Fsp3) is 0.400. The van der Waals surface area contributed by atoms with Gasteiger partial charge in [0.2, 0.25) is 0 Å². The van der Waals surface area contributed by atoms with Crippen LogP contribution in [0.4, 0.5) is 10.8 Å². The highest BCUT2D eigenvalue weighted by atomic mass is 32.2. The van der Waals surface area contributed by atoms with E-state index in [1.165, 1.54) is 32.1 Å². The molecular formula is C25H31N3O3S2. The SMILES string of the molecule is COc1ccc(NS(=O)(=O)c2cc(-c3sc(NC4CCCCC4)nc3C)ccc2C)c(C)c1. The van der Waals surface area contributed by atoms with Crippen LogP contribution in [-0.4, -0.2) is 26.6 Å². The van der Waals surface area contributed by atoms with Crippen LogP contribution in [0, 0.1) is 20.8 Å². The monoisotopic (exact) mass is 485 g/mol. The molecule has 0 spiro atoms. The van der Waals surface area contributed by atoms with E-state index in [0.717, 1.165) is 26.8 Å². The first-order chi connectivity index (χ1) is 15.8. The second-order valence-corrected chi connectivity index (χ2v) is 11.3. The zero-order valence-corrected chi connectivity index (χ0v) is 21.2. The van der Waals surface area contributed by atoms with Crippen LogP contribution in [0.2, 0.25) is 0 Å². The van der Waals surface area contributed by atoms with Crippen LogP contribution in [0.1, 0.15) is 48.9 Å². The summed E-state index contributed by atoms with van der Waals surface area (Å²) in [6.07, 6.45) is 6.18. The number of nitrogens with zero attached hydrogens (tertiary/aromatic N) is 1. The van der Waals surface area contributed by atoms with E-state index < -0.39 is 10.0 Å². The molecule has 1 saturated carbocycles.